The molecule has 0 aliphatic carbocycles. The summed E-state index contributed by atoms with van der Waals surface area (Å²) in [5.74, 6) is 1.01. The molecule has 0 saturated carbocycles. The van der Waals surface area contributed by atoms with Gasteiger partial charge < -0.3 is 14.8 Å². The first kappa shape index (κ1) is 17.0. The number of carbonyl (C=O) groups is 1. The summed E-state index contributed by atoms with van der Waals surface area (Å²) in [6.07, 6.45) is 0.754. The fourth-order valence-electron chi connectivity index (χ4n) is 1.84. The summed E-state index contributed by atoms with van der Waals surface area (Å²) in [4.78, 5) is 11.6. The minimum Gasteiger partial charge on any atom is -0.492 e. The van der Waals surface area contributed by atoms with Crippen LogP contribution in [0.5, 0.6) is 5.75 Å². The molecular weight excluding hydrogens is 322 g/mol. The minimum absolute atomic E-state index is 0.221. The molecule has 0 bridgehead atoms. The van der Waals surface area contributed by atoms with Crippen LogP contribution in [0, 0.1) is 5.92 Å². The van der Waals surface area contributed by atoms with Gasteiger partial charge in [0.2, 0.25) is 0 Å². The second kappa shape index (κ2) is 8.97. The smallest absolute Gasteiger partial charge is 0.322 e. The molecule has 0 radical (unpaired) electrons. The molecule has 1 rings (SSSR count). The standard InChI is InChI=1S/C15H22BrNO3/c1-11(2)9-14(15(18)19-3)17-7-8-20-13-6-4-5-12(16)10-13/h4-6,10-11,14,17H,7-9H2,1-3H3. The zero-order valence-electron chi connectivity index (χ0n) is 12.2. The molecule has 1 atom stereocenters. The van der Waals surface area contributed by atoms with E-state index in [1.807, 2.05) is 24.3 Å². The van der Waals surface area contributed by atoms with Gasteiger partial charge in [0.05, 0.1) is 7.11 Å². The van der Waals surface area contributed by atoms with E-state index in [9.17, 15) is 4.79 Å². The van der Waals surface area contributed by atoms with Gasteiger partial charge in [-0.05, 0) is 30.5 Å². The van der Waals surface area contributed by atoms with Gasteiger partial charge >= 0.3 is 5.97 Å². The fourth-order valence-corrected chi connectivity index (χ4v) is 2.21. The van der Waals surface area contributed by atoms with Crippen LogP contribution in [0.3, 0.4) is 0 Å². The molecule has 1 unspecified atom stereocenters. The molecule has 20 heavy (non-hydrogen) atoms. The molecule has 0 heterocycles. The number of ether oxygens (including phenoxy) is 2. The second-order valence-electron chi connectivity index (χ2n) is 4.97. The van der Waals surface area contributed by atoms with Crippen LogP contribution < -0.4 is 10.1 Å². The van der Waals surface area contributed by atoms with Crippen LogP contribution in [-0.4, -0.2) is 32.3 Å². The number of methoxy groups -OCH3 is 1. The molecule has 0 aliphatic heterocycles. The van der Waals surface area contributed by atoms with Gasteiger partial charge in [0.25, 0.3) is 0 Å². The van der Waals surface area contributed by atoms with Crippen LogP contribution in [-0.2, 0) is 9.53 Å². The third-order valence-corrected chi connectivity index (χ3v) is 3.24. The van der Waals surface area contributed by atoms with Gasteiger partial charge in [-0.2, -0.15) is 0 Å². The summed E-state index contributed by atoms with van der Waals surface area (Å²) in [6.45, 7) is 5.26. The molecule has 5 heteroatoms. The van der Waals surface area contributed by atoms with Crippen LogP contribution in [0.4, 0.5) is 0 Å². The lowest BCUT2D eigenvalue weighted by atomic mass is 10.0. The average Bonchev–Trinajstić information content (AvgIpc) is 2.41. The first-order chi connectivity index (χ1) is 9.52. The molecule has 0 aromatic heterocycles. The van der Waals surface area contributed by atoms with Gasteiger partial charge in [-0.25, -0.2) is 0 Å². The topological polar surface area (TPSA) is 47.6 Å². The second-order valence-corrected chi connectivity index (χ2v) is 5.88. The Balaban J connectivity index is 2.35. The number of hydrogen-bond acceptors (Lipinski definition) is 4. The average molecular weight is 344 g/mol. The molecule has 0 amide bonds. The zero-order valence-corrected chi connectivity index (χ0v) is 13.8. The highest BCUT2D eigenvalue weighted by Gasteiger charge is 2.19. The van der Waals surface area contributed by atoms with E-state index in [1.54, 1.807) is 0 Å². The van der Waals surface area contributed by atoms with E-state index < -0.39 is 0 Å². The van der Waals surface area contributed by atoms with Crippen LogP contribution in [0.2, 0.25) is 0 Å². The van der Waals surface area contributed by atoms with E-state index in [1.165, 1.54) is 7.11 Å². The van der Waals surface area contributed by atoms with E-state index in [2.05, 4.69) is 35.1 Å². The van der Waals surface area contributed by atoms with Gasteiger partial charge in [0, 0.05) is 11.0 Å². The molecule has 0 spiro atoms. The first-order valence-electron chi connectivity index (χ1n) is 6.72. The molecule has 1 aromatic rings. The van der Waals surface area contributed by atoms with Gasteiger partial charge in [-0.3, -0.25) is 4.79 Å². The number of esters is 1. The zero-order chi connectivity index (χ0) is 15.0. The van der Waals surface area contributed by atoms with Gasteiger partial charge in [-0.1, -0.05) is 35.8 Å². The number of carbonyl (C=O) groups excluding carboxylic acids is 1. The maximum atomic E-state index is 11.6. The highest BCUT2D eigenvalue weighted by atomic mass is 79.9. The Morgan fingerprint density at radius 1 is 1.40 bits per heavy atom. The number of benzene rings is 1. The Kier molecular flexibility index (Phi) is 7.62. The predicted molar refractivity (Wildman–Crippen MR) is 82.9 cm³/mol. The molecule has 4 nitrogen and oxygen atoms in total. The number of hydrogen-bond donors (Lipinski definition) is 1. The van der Waals surface area contributed by atoms with E-state index in [0.717, 1.165) is 16.6 Å². The van der Waals surface area contributed by atoms with Crippen LogP contribution in [0.25, 0.3) is 0 Å². The lowest BCUT2D eigenvalue weighted by Gasteiger charge is -2.18. The Hall–Kier alpha value is -1.07. The molecular formula is C15H22BrNO3. The summed E-state index contributed by atoms with van der Waals surface area (Å²) >= 11 is 3.39. The summed E-state index contributed by atoms with van der Waals surface area (Å²) in [6, 6.07) is 7.40. The minimum atomic E-state index is -0.272. The van der Waals surface area contributed by atoms with Crippen LogP contribution >= 0.6 is 15.9 Å². The van der Waals surface area contributed by atoms with Crippen molar-refractivity contribution in [3.05, 3.63) is 28.7 Å². The van der Waals surface area contributed by atoms with Crippen molar-refractivity contribution in [3.8, 4) is 5.75 Å². The first-order valence-corrected chi connectivity index (χ1v) is 7.51. The van der Waals surface area contributed by atoms with Crippen molar-refractivity contribution >= 4 is 21.9 Å². The van der Waals surface area contributed by atoms with Crippen molar-refractivity contribution in [3.63, 3.8) is 0 Å². The third-order valence-electron chi connectivity index (χ3n) is 2.75. The Morgan fingerprint density at radius 2 is 2.15 bits per heavy atom. The van der Waals surface area contributed by atoms with Crippen molar-refractivity contribution in [2.24, 2.45) is 5.92 Å². The molecule has 1 N–H and O–H groups in total. The van der Waals surface area contributed by atoms with E-state index in [0.29, 0.717) is 19.1 Å². The molecule has 0 fully saturated rings. The SMILES string of the molecule is COC(=O)C(CC(C)C)NCCOc1cccc(Br)c1. The Labute approximate surface area is 129 Å². The quantitative estimate of drug-likeness (QED) is 0.582. The monoisotopic (exact) mass is 343 g/mol. The number of halogens is 1. The maximum absolute atomic E-state index is 11.6. The summed E-state index contributed by atoms with van der Waals surface area (Å²) in [5.41, 5.74) is 0. The van der Waals surface area contributed by atoms with Crippen molar-refractivity contribution in [1.82, 2.24) is 5.32 Å². The molecule has 1 aromatic carbocycles. The van der Waals surface area contributed by atoms with Crippen molar-refractivity contribution in [1.29, 1.82) is 0 Å². The van der Waals surface area contributed by atoms with Gasteiger partial charge in [0.15, 0.2) is 0 Å². The maximum Gasteiger partial charge on any atom is 0.322 e. The van der Waals surface area contributed by atoms with E-state index in [4.69, 9.17) is 9.47 Å². The highest BCUT2D eigenvalue weighted by Crippen LogP contribution is 2.17. The summed E-state index contributed by atoms with van der Waals surface area (Å²) in [5, 5.41) is 3.18. The van der Waals surface area contributed by atoms with E-state index >= 15 is 0 Å². The third kappa shape index (κ3) is 6.39. The molecule has 112 valence electrons. The molecule has 0 saturated heterocycles. The predicted octanol–water partition coefficient (Wildman–Crippen LogP) is 3.01. The Morgan fingerprint density at radius 3 is 2.75 bits per heavy atom. The largest absolute Gasteiger partial charge is 0.492 e. The summed E-state index contributed by atoms with van der Waals surface area (Å²) < 4.78 is 11.4. The van der Waals surface area contributed by atoms with Crippen molar-refractivity contribution in [2.75, 3.05) is 20.3 Å². The van der Waals surface area contributed by atoms with E-state index in [-0.39, 0.29) is 12.0 Å². The lowest BCUT2D eigenvalue weighted by Crippen LogP contribution is -2.40. The fraction of sp³-hybridized carbons (Fsp3) is 0.533. The Bertz CT molecular complexity index is 423. The molecule has 0 aliphatic rings. The van der Waals surface area contributed by atoms with Crippen molar-refractivity contribution in [2.45, 2.75) is 26.3 Å². The van der Waals surface area contributed by atoms with Gasteiger partial charge in [-0.15, -0.1) is 0 Å². The van der Waals surface area contributed by atoms with Crippen LogP contribution in [0.15, 0.2) is 28.7 Å². The van der Waals surface area contributed by atoms with Crippen LogP contribution in [0.1, 0.15) is 20.3 Å². The summed E-state index contributed by atoms with van der Waals surface area (Å²) in [7, 11) is 1.41. The lowest BCUT2D eigenvalue weighted by molar-refractivity contribution is -0.143. The highest BCUT2D eigenvalue weighted by molar-refractivity contribution is 9.10. The number of nitrogens with one attached hydrogen (secondary N) is 1. The number of rotatable bonds is 8. The normalized spacial score (nSPS) is 12.2. The van der Waals surface area contributed by atoms with Crippen molar-refractivity contribution < 1.29 is 14.3 Å². The van der Waals surface area contributed by atoms with Gasteiger partial charge in [0.1, 0.15) is 18.4 Å².